The lowest BCUT2D eigenvalue weighted by Gasteiger charge is -2.36. The Morgan fingerprint density at radius 2 is 2.33 bits per heavy atom. The van der Waals surface area contributed by atoms with E-state index in [9.17, 15) is 15.0 Å². The fraction of sp³-hybridized carbons (Fsp3) is 0.500. The van der Waals surface area contributed by atoms with Gasteiger partial charge in [-0.2, -0.15) is 0 Å². The van der Waals surface area contributed by atoms with Crippen molar-refractivity contribution in [1.29, 1.82) is 0 Å². The smallest absolute Gasteiger partial charge is 0.339 e. The first kappa shape index (κ1) is 13.3. The van der Waals surface area contributed by atoms with E-state index in [2.05, 4.69) is 20.9 Å². The van der Waals surface area contributed by atoms with Crippen molar-refractivity contribution in [3.63, 3.8) is 0 Å². The number of hydrogen-bond acceptors (Lipinski definition) is 4. The lowest BCUT2D eigenvalue weighted by Crippen LogP contribution is -2.43. The minimum Gasteiger partial charge on any atom is -0.478 e. The number of carbonyl (C=O) groups is 1. The zero-order chi connectivity index (χ0) is 13.1. The highest BCUT2D eigenvalue weighted by Gasteiger charge is 2.26. The van der Waals surface area contributed by atoms with Gasteiger partial charge in [-0.3, -0.25) is 0 Å². The Labute approximate surface area is 114 Å². The number of nitrogens with zero attached hydrogens (tertiary/aromatic N) is 2. The number of carboxylic acid groups (broad SMARTS) is 1. The molecule has 1 unspecified atom stereocenters. The summed E-state index contributed by atoms with van der Waals surface area (Å²) in [6, 6.07) is 1.51. The fourth-order valence-corrected chi connectivity index (χ4v) is 2.62. The number of aromatic carboxylic acids is 1. The number of carboxylic acids is 1. The lowest BCUT2D eigenvalue weighted by atomic mass is 10.0. The molecule has 1 aliphatic heterocycles. The van der Waals surface area contributed by atoms with E-state index >= 15 is 0 Å². The Bertz CT molecular complexity index is 453. The van der Waals surface area contributed by atoms with Gasteiger partial charge < -0.3 is 15.1 Å². The molecule has 6 heteroatoms. The topological polar surface area (TPSA) is 73.7 Å². The summed E-state index contributed by atoms with van der Waals surface area (Å²) in [4.78, 5) is 17.4. The Morgan fingerprint density at radius 1 is 1.56 bits per heavy atom. The summed E-state index contributed by atoms with van der Waals surface area (Å²) in [5, 5.41) is 18.6. The molecule has 1 saturated heterocycles. The van der Waals surface area contributed by atoms with Gasteiger partial charge in [0.1, 0.15) is 11.4 Å². The van der Waals surface area contributed by atoms with Crippen LogP contribution in [0.25, 0.3) is 0 Å². The quantitative estimate of drug-likeness (QED) is 0.891. The van der Waals surface area contributed by atoms with E-state index in [1.54, 1.807) is 12.3 Å². The molecule has 0 amide bonds. The van der Waals surface area contributed by atoms with Gasteiger partial charge in [0.25, 0.3) is 0 Å². The number of anilines is 1. The van der Waals surface area contributed by atoms with Gasteiger partial charge in [0.15, 0.2) is 0 Å². The normalized spacial score (nSPS) is 19.9. The molecule has 1 fully saturated rings. The third kappa shape index (κ3) is 2.64. The Kier molecular flexibility index (Phi) is 4.19. The van der Waals surface area contributed by atoms with Crippen molar-refractivity contribution < 1.29 is 15.0 Å². The van der Waals surface area contributed by atoms with Gasteiger partial charge in [0.05, 0.1) is 12.6 Å². The fourth-order valence-electron chi connectivity index (χ4n) is 2.29. The largest absolute Gasteiger partial charge is 0.478 e. The number of aromatic nitrogens is 1. The van der Waals surface area contributed by atoms with Gasteiger partial charge in [-0.15, -0.1) is 0 Å². The first-order valence-corrected chi connectivity index (χ1v) is 6.69. The van der Waals surface area contributed by atoms with E-state index < -0.39 is 5.97 Å². The average molecular weight is 315 g/mol. The molecule has 98 valence electrons. The highest BCUT2D eigenvalue weighted by atomic mass is 79.9. The summed E-state index contributed by atoms with van der Waals surface area (Å²) in [5.74, 6) is -0.550. The lowest BCUT2D eigenvalue weighted by molar-refractivity contribution is 0.0696. The molecular formula is C12H15BrN2O3. The Balaban J connectivity index is 2.39. The van der Waals surface area contributed by atoms with Crippen LogP contribution in [0.2, 0.25) is 0 Å². The first-order chi connectivity index (χ1) is 8.63. The van der Waals surface area contributed by atoms with Crippen molar-refractivity contribution >= 4 is 27.7 Å². The molecule has 0 aliphatic carbocycles. The second-order valence-corrected chi connectivity index (χ2v) is 5.27. The standard InChI is InChI=1S/C12H15BrN2O3/c13-8-5-10(12(17)18)11(14-6-8)15-4-2-1-3-9(15)7-16/h5-6,9,16H,1-4,7H2,(H,17,18). The molecule has 2 N–H and O–H groups in total. The molecule has 1 atom stereocenters. The molecule has 0 saturated carbocycles. The monoisotopic (exact) mass is 314 g/mol. The van der Waals surface area contributed by atoms with Gasteiger partial charge in [0, 0.05) is 17.2 Å². The van der Waals surface area contributed by atoms with Crippen molar-refractivity contribution in [3.05, 3.63) is 22.3 Å². The van der Waals surface area contributed by atoms with Gasteiger partial charge >= 0.3 is 5.97 Å². The van der Waals surface area contributed by atoms with Crippen LogP contribution < -0.4 is 4.90 Å². The number of hydrogen-bond donors (Lipinski definition) is 2. The minimum atomic E-state index is -0.999. The van der Waals surface area contributed by atoms with Crippen molar-refractivity contribution in [1.82, 2.24) is 4.98 Å². The highest BCUT2D eigenvalue weighted by molar-refractivity contribution is 9.10. The molecule has 0 radical (unpaired) electrons. The summed E-state index contributed by atoms with van der Waals surface area (Å²) in [6.45, 7) is 0.761. The van der Waals surface area contributed by atoms with Crippen LogP contribution in [0.3, 0.4) is 0 Å². The van der Waals surface area contributed by atoms with Crippen molar-refractivity contribution in [3.8, 4) is 0 Å². The van der Waals surface area contributed by atoms with Crippen LogP contribution in [0.5, 0.6) is 0 Å². The predicted octanol–water partition coefficient (Wildman–Crippen LogP) is 1.89. The maximum atomic E-state index is 11.3. The summed E-state index contributed by atoms with van der Waals surface area (Å²) in [7, 11) is 0. The van der Waals surface area contributed by atoms with E-state index in [-0.39, 0.29) is 18.2 Å². The highest BCUT2D eigenvalue weighted by Crippen LogP contribution is 2.27. The third-order valence-electron chi connectivity index (χ3n) is 3.17. The van der Waals surface area contributed by atoms with E-state index in [0.717, 1.165) is 25.8 Å². The van der Waals surface area contributed by atoms with Crippen LogP contribution in [-0.2, 0) is 0 Å². The molecule has 1 aromatic rings. The Morgan fingerprint density at radius 3 is 3.00 bits per heavy atom. The maximum absolute atomic E-state index is 11.3. The number of piperidine rings is 1. The van der Waals surface area contributed by atoms with E-state index in [1.165, 1.54) is 0 Å². The second-order valence-electron chi connectivity index (χ2n) is 4.36. The van der Waals surface area contributed by atoms with Crippen LogP contribution in [0.1, 0.15) is 29.6 Å². The molecule has 2 heterocycles. The van der Waals surface area contributed by atoms with Gasteiger partial charge in [-0.1, -0.05) is 0 Å². The van der Waals surface area contributed by atoms with Crippen LogP contribution in [0.4, 0.5) is 5.82 Å². The number of aliphatic hydroxyl groups excluding tert-OH is 1. The van der Waals surface area contributed by atoms with Gasteiger partial charge in [-0.25, -0.2) is 9.78 Å². The van der Waals surface area contributed by atoms with Crippen LogP contribution >= 0.6 is 15.9 Å². The van der Waals surface area contributed by atoms with Crippen LogP contribution in [0, 0.1) is 0 Å². The van der Waals surface area contributed by atoms with Gasteiger partial charge in [0.2, 0.25) is 0 Å². The number of pyridine rings is 1. The zero-order valence-electron chi connectivity index (χ0n) is 9.84. The van der Waals surface area contributed by atoms with E-state index in [1.807, 2.05) is 4.90 Å². The van der Waals surface area contributed by atoms with Crippen molar-refractivity contribution in [2.75, 3.05) is 18.1 Å². The molecule has 0 spiro atoms. The van der Waals surface area contributed by atoms with Gasteiger partial charge in [-0.05, 0) is 41.3 Å². The molecule has 0 aromatic carbocycles. The molecule has 18 heavy (non-hydrogen) atoms. The first-order valence-electron chi connectivity index (χ1n) is 5.90. The molecule has 0 bridgehead atoms. The number of rotatable bonds is 3. The third-order valence-corrected chi connectivity index (χ3v) is 3.61. The zero-order valence-corrected chi connectivity index (χ0v) is 11.4. The Hall–Kier alpha value is -1.14. The predicted molar refractivity (Wildman–Crippen MR) is 71.0 cm³/mol. The summed E-state index contributed by atoms with van der Waals surface area (Å²) in [5.41, 5.74) is 0.171. The molecule has 5 nitrogen and oxygen atoms in total. The molecular weight excluding hydrogens is 300 g/mol. The van der Waals surface area contributed by atoms with E-state index in [0.29, 0.717) is 10.3 Å². The summed E-state index contributed by atoms with van der Waals surface area (Å²) < 4.78 is 0.640. The number of aliphatic hydroxyl groups is 1. The minimum absolute atomic E-state index is 0.0246. The van der Waals surface area contributed by atoms with Crippen LogP contribution in [-0.4, -0.2) is 40.4 Å². The maximum Gasteiger partial charge on any atom is 0.339 e. The average Bonchev–Trinajstić information content (AvgIpc) is 2.38. The summed E-state index contributed by atoms with van der Waals surface area (Å²) in [6.07, 6.45) is 4.51. The second kappa shape index (κ2) is 5.67. The molecule has 2 rings (SSSR count). The van der Waals surface area contributed by atoms with E-state index in [4.69, 9.17) is 0 Å². The SMILES string of the molecule is O=C(O)c1cc(Br)cnc1N1CCCCC1CO. The molecule has 1 aromatic heterocycles. The van der Waals surface area contributed by atoms with Crippen molar-refractivity contribution in [2.45, 2.75) is 25.3 Å². The van der Waals surface area contributed by atoms with Crippen molar-refractivity contribution in [2.24, 2.45) is 0 Å². The molecule has 1 aliphatic rings. The number of halogens is 1. The van der Waals surface area contributed by atoms with Crippen LogP contribution in [0.15, 0.2) is 16.7 Å². The summed E-state index contributed by atoms with van der Waals surface area (Å²) >= 11 is 3.23.